The Balaban J connectivity index is 2.03. The highest BCUT2D eigenvalue weighted by Crippen LogP contribution is 2.20. The van der Waals surface area contributed by atoms with Gasteiger partial charge in [0.2, 0.25) is 0 Å². The third-order valence-corrected chi connectivity index (χ3v) is 3.27. The molecule has 2 rings (SSSR count). The predicted molar refractivity (Wildman–Crippen MR) is 70.4 cm³/mol. The second kappa shape index (κ2) is 5.80. The number of hydrogen-bond donors (Lipinski definition) is 1. The van der Waals surface area contributed by atoms with E-state index in [0.717, 1.165) is 22.2 Å². The van der Waals surface area contributed by atoms with Gasteiger partial charge in [0.05, 0.1) is 9.88 Å². The average Bonchev–Trinajstić information content (AvgIpc) is 2.74. The zero-order valence-electron chi connectivity index (χ0n) is 10.1. The van der Waals surface area contributed by atoms with Gasteiger partial charge >= 0.3 is 0 Å². The van der Waals surface area contributed by atoms with E-state index in [4.69, 9.17) is 4.74 Å². The van der Waals surface area contributed by atoms with Crippen LogP contribution < -0.4 is 10.1 Å². The molecule has 0 aliphatic carbocycles. The van der Waals surface area contributed by atoms with Gasteiger partial charge in [-0.05, 0) is 20.0 Å². The average molecular weight is 248 g/mol. The first-order chi connectivity index (χ1) is 8.29. The van der Waals surface area contributed by atoms with Gasteiger partial charge in [-0.3, -0.25) is 0 Å². The van der Waals surface area contributed by atoms with Crippen LogP contribution in [-0.2, 0) is 13.2 Å². The standard InChI is InChI=1S/C13H16N2OS/c1-10-15-8-12(17-10)9-16-13-6-4-3-5-11(13)7-14-2/h3-6,8,14H,7,9H2,1-2H3. The Labute approximate surface area is 105 Å². The van der Waals surface area contributed by atoms with E-state index in [1.807, 2.05) is 38.4 Å². The van der Waals surface area contributed by atoms with Gasteiger partial charge in [-0.2, -0.15) is 0 Å². The quantitative estimate of drug-likeness (QED) is 0.883. The molecule has 0 atom stereocenters. The normalized spacial score (nSPS) is 10.5. The first kappa shape index (κ1) is 12.1. The molecule has 0 spiro atoms. The molecule has 0 bridgehead atoms. The number of aromatic nitrogens is 1. The van der Waals surface area contributed by atoms with Crippen LogP contribution in [0.25, 0.3) is 0 Å². The number of hydrogen-bond acceptors (Lipinski definition) is 4. The highest BCUT2D eigenvalue weighted by molar-refractivity contribution is 7.11. The number of thiazole rings is 1. The predicted octanol–water partition coefficient (Wildman–Crippen LogP) is 2.75. The summed E-state index contributed by atoms with van der Waals surface area (Å²) in [7, 11) is 1.93. The number of benzene rings is 1. The van der Waals surface area contributed by atoms with Crippen LogP contribution in [0.15, 0.2) is 30.5 Å². The van der Waals surface area contributed by atoms with Crippen molar-refractivity contribution < 1.29 is 4.74 Å². The summed E-state index contributed by atoms with van der Waals surface area (Å²) in [5.41, 5.74) is 1.18. The Kier molecular flexibility index (Phi) is 4.12. The van der Waals surface area contributed by atoms with Crippen molar-refractivity contribution in [2.75, 3.05) is 7.05 Å². The number of ether oxygens (including phenoxy) is 1. The Morgan fingerprint density at radius 3 is 2.88 bits per heavy atom. The van der Waals surface area contributed by atoms with Crippen LogP contribution in [0.5, 0.6) is 5.75 Å². The molecule has 1 heterocycles. The molecule has 0 saturated heterocycles. The fraction of sp³-hybridized carbons (Fsp3) is 0.308. The van der Waals surface area contributed by atoms with Crippen LogP contribution in [0.2, 0.25) is 0 Å². The lowest BCUT2D eigenvalue weighted by atomic mass is 10.2. The van der Waals surface area contributed by atoms with Crippen LogP contribution >= 0.6 is 11.3 Å². The fourth-order valence-corrected chi connectivity index (χ4v) is 2.31. The van der Waals surface area contributed by atoms with E-state index in [1.54, 1.807) is 11.3 Å². The molecule has 17 heavy (non-hydrogen) atoms. The molecule has 1 N–H and O–H groups in total. The molecular formula is C13H16N2OS. The summed E-state index contributed by atoms with van der Waals surface area (Å²) in [5, 5.41) is 4.21. The van der Waals surface area contributed by atoms with Crippen molar-refractivity contribution in [1.29, 1.82) is 0 Å². The minimum atomic E-state index is 0.590. The Morgan fingerprint density at radius 1 is 1.35 bits per heavy atom. The van der Waals surface area contributed by atoms with E-state index in [9.17, 15) is 0 Å². The lowest BCUT2D eigenvalue weighted by Crippen LogP contribution is -2.07. The van der Waals surface area contributed by atoms with Crippen molar-refractivity contribution in [2.24, 2.45) is 0 Å². The Bertz CT molecular complexity index is 482. The molecular weight excluding hydrogens is 232 g/mol. The van der Waals surface area contributed by atoms with Gasteiger partial charge in [0.1, 0.15) is 12.4 Å². The lowest BCUT2D eigenvalue weighted by Gasteiger charge is -2.09. The maximum Gasteiger partial charge on any atom is 0.124 e. The van der Waals surface area contributed by atoms with Crippen molar-refractivity contribution in [1.82, 2.24) is 10.3 Å². The topological polar surface area (TPSA) is 34.1 Å². The van der Waals surface area contributed by atoms with Gasteiger partial charge in [-0.15, -0.1) is 11.3 Å². The van der Waals surface area contributed by atoms with Crippen molar-refractivity contribution in [2.45, 2.75) is 20.1 Å². The molecule has 1 aromatic carbocycles. The SMILES string of the molecule is CNCc1ccccc1OCc1cnc(C)s1. The van der Waals surface area contributed by atoms with Gasteiger partial charge in [-0.1, -0.05) is 18.2 Å². The molecule has 0 aliphatic heterocycles. The molecule has 0 aliphatic rings. The van der Waals surface area contributed by atoms with Crippen molar-refractivity contribution in [3.63, 3.8) is 0 Å². The van der Waals surface area contributed by atoms with Gasteiger partial charge in [0.15, 0.2) is 0 Å². The minimum absolute atomic E-state index is 0.590. The monoisotopic (exact) mass is 248 g/mol. The van der Waals surface area contributed by atoms with Gasteiger partial charge in [-0.25, -0.2) is 4.98 Å². The summed E-state index contributed by atoms with van der Waals surface area (Å²) in [5.74, 6) is 0.938. The summed E-state index contributed by atoms with van der Waals surface area (Å²) in [6, 6.07) is 8.09. The second-order valence-electron chi connectivity index (χ2n) is 3.77. The Morgan fingerprint density at radius 2 is 2.18 bits per heavy atom. The second-order valence-corrected chi connectivity index (χ2v) is 5.09. The smallest absolute Gasteiger partial charge is 0.124 e. The van der Waals surface area contributed by atoms with Crippen molar-refractivity contribution in [3.8, 4) is 5.75 Å². The lowest BCUT2D eigenvalue weighted by molar-refractivity contribution is 0.305. The van der Waals surface area contributed by atoms with Crippen LogP contribution in [0.3, 0.4) is 0 Å². The first-order valence-corrected chi connectivity index (χ1v) is 6.38. The van der Waals surface area contributed by atoms with E-state index >= 15 is 0 Å². The number of nitrogens with one attached hydrogen (secondary N) is 1. The van der Waals surface area contributed by atoms with Crippen molar-refractivity contribution in [3.05, 3.63) is 45.9 Å². The number of aryl methyl sites for hydroxylation is 1. The summed E-state index contributed by atoms with van der Waals surface area (Å²) in [4.78, 5) is 5.37. The fourth-order valence-electron chi connectivity index (χ4n) is 1.60. The molecule has 0 unspecified atom stereocenters. The highest BCUT2D eigenvalue weighted by atomic mass is 32.1. The zero-order valence-corrected chi connectivity index (χ0v) is 10.9. The molecule has 3 nitrogen and oxygen atoms in total. The molecule has 90 valence electrons. The van der Waals surface area contributed by atoms with E-state index in [0.29, 0.717) is 6.61 Å². The van der Waals surface area contributed by atoms with Crippen LogP contribution in [-0.4, -0.2) is 12.0 Å². The van der Waals surface area contributed by atoms with E-state index in [1.165, 1.54) is 5.56 Å². The zero-order chi connectivity index (χ0) is 12.1. The van der Waals surface area contributed by atoms with Gasteiger partial charge < -0.3 is 10.1 Å². The summed E-state index contributed by atoms with van der Waals surface area (Å²) in [6.45, 7) is 3.41. The highest BCUT2D eigenvalue weighted by Gasteiger charge is 2.03. The molecule has 4 heteroatoms. The summed E-state index contributed by atoms with van der Waals surface area (Å²) >= 11 is 1.67. The van der Waals surface area contributed by atoms with Gasteiger partial charge in [0.25, 0.3) is 0 Å². The molecule has 0 fully saturated rings. The van der Waals surface area contributed by atoms with Crippen LogP contribution in [0, 0.1) is 6.92 Å². The Hall–Kier alpha value is -1.39. The first-order valence-electron chi connectivity index (χ1n) is 5.56. The maximum absolute atomic E-state index is 5.82. The number of para-hydroxylation sites is 1. The van der Waals surface area contributed by atoms with E-state index in [-0.39, 0.29) is 0 Å². The van der Waals surface area contributed by atoms with E-state index in [2.05, 4.69) is 16.4 Å². The van der Waals surface area contributed by atoms with Crippen molar-refractivity contribution >= 4 is 11.3 Å². The third-order valence-electron chi connectivity index (χ3n) is 2.38. The van der Waals surface area contributed by atoms with Crippen LogP contribution in [0.4, 0.5) is 0 Å². The molecule has 2 aromatic rings. The largest absolute Gasteiger partial charge is 0.488 e. The maximum atomic E-state index is 5.82. The van der Waals surface area contributed by atoms with E-state index < -0.39 is 0 Å². The number of nitrogens with zero attached hydrogens (tertiary/aromatic N) is 1. The minimum Gasteiger partial charge on any atom is -0.488 e. The molecule has 0 saturated carbocycles. The summed E-state index contributed by atoms with van der Waals surface area (Å²) < 4.78 is 5.82. The molecule has 0 radical (unpaired) electrons. The van der Waals surface area contributed by atoms with Crippen LogP contribution in [0.1, 0.15) is 15.4 Å². The number of rotatable bonds is 5. The summed E-state index contributed by atoms with van der Waals surface area (Å²) in [6.07, 6.45) is 1.88. The molecule has 1 aromatic heterocycles. The third kappa shape index (κ3) is 3.28. The molecule has 0 amide bonds. The van der Waals surface area contributed by atoms with Gasteiger partial charge in [0, 0.05) is 18.3 Å².